The van der Waals surface area contributed by atoms with E-state index in [0.29, 0.717) is 4.58 Å². The summed E-state index contributed by atoms with van der Waals surface area (Å²) in [5.41, 5.74) is 0. The van der Waals surface area contributed by atoms with Crippen molar-refractivity contribution in [2.24, 2.45) is 0 Å². The molecule has 0 fully saturated rings. The average Bonchev–Trinajstić information content (AvgIpc) is 1.68. The SMILES string of the molecule is CSC(S)CCS. The Kier molecular flexibility index (Phi) is 5.97. The van der Waals surface area contributed by atoms with Gasteiger partial charge in [-0.15, -0.1) is 0 Å². The molecule has 0 nitrogen and oxygen atoms in total. The Hall–Kier alpha value is 1.05. The lowest BCUT2D eigenvalue weighted by molar-refractivity contribution is 1.09. The quantitative estimate of drug-likeness (QED) is 0.463. The second-order valence-corrected chi connectivity index (χ2v) is 3.66. The summed E-state index contributed by atoms with van der Waals surface area (Å²) in [4.78, 5) is 0. The van der Waals surface area contributed by atoms with Crippen molar-refractivity contribution >= 4 is 37.0 Å². The van der Waals surface area contributed by atoms with Crippen LogP contribution in [0.5, 0.6) is 0 Å². The fraction of sp³-hybridized carbons (Fsp3) is 1.00. The fourth-order valence-corrected chi connectivity index (χ4v) is 1.35. The summed E-state index contributed by atoms with van der Waals surface area (Å²) < 4.78 is 0.484. The summed E-state index contributed by atoms with van der Waals surface area (Å²) in [6.07, 6.45) is 3.15. The van der Waals surface area contributed by atoms with E-state index in [9.17, 15) is 0 Å². The van der Waals surface area contributed by atoms with Gasteiger partial charge in [-0.2, -0.15) is 37.0 Å². The third-order valence-corrected chi connectivity index (χ3v) is 2.58. The van der Waals surface area contributed by atoms with E-state index in [2.05, 4.69) is 31.5 Å². The molecule has 0 saturated carbocycles. The second kappa shape index (κ2) is 5.19. The van der Waals surface area contributed by atoms with Crippen LogP contribution in [-0.2, 0) is 0 Å². The van der Waals surface area contributed by atoms with Crippen LogP contribution >= 0.6 is 37.0 Å². The highest BCUT2D eigenvalue weighted by atomic mass is 32.2. The molecule has 0 heterocycles. The molecular weight excluding hydrogens is 144 g/mol. The Morgan fingerprint density at radius 2 is 2.29 bits per heavy atom. The lowest BCUT2D eigenvalue weighted by atomic mass is 10.6. The van der Waals surface area contributed by atoms with Gasteiger partial charge in [0.2, 0.25) is 0 Å². The van der Waals surface area contributed by atoms with Gasteiger partial charge in [-0.1, -0.05) is 0 Å². The van der Waals surface area contributed by atoms with Crippen LogP contribution in [0.25, 0.3) is 0 Å². The fourth-order valence-electron chi connectivity index (χ4n) is 0.228. The predicted molar refractivity (Wildman–Crippen MR) is 44.8 cm³/mol. The van der Waals surface area contributed by atoms with Crippen LogP contribution in [0.4, 0.5) is 0 Å². The number of rotatable bonds is 3. The minimum absolute atomic E-state index is 0.484. The van der Waals surface area contributed by atoms with Crippen LogP contribution in [0.15, 0.2) is 0 Å². The van der Waals surface area contributed by atoms with Crippen molar-refractivity contribution in [2.45, 2.75) is 11.0 Å². The zero-order valence-electron chi connectivity index (χ0n) is 4.29. The van der Waals surface area contributed by atoms with E-state index in [0.717, 1.165) is 12.2 Å². The smallest absolute Gasteiger partial charge is 0.0477 e. The van der Waals surface area contributed by atoms with Crippen LogP contribution < -0.4 is 0 Å². The van der Waals surface area contributed by atoms with Crippen molar-refractivity contribution in [1.82, 2.24) is 0 Å². The molecule has 0 rings (SSSR count). The lowest BCUT2D eigenvalue weighted by Crippen LogP contribution is -1.90. The van der Waals surface area contributed by atoms with E-state index in [1.54, 1.807) is 11.8 Å². The molecule has 0 aromatic heterocycles. The summed E-state index contributed by atoms with van der Waals surface area (Å²) in [7, 11) is 0. The molecule has 0 amide bonds. The van der Waals surface area contributed by atoms with Gasteiger partial charge >= 0.3 is 0 Å². The zero-order chi connectivity index (χ0) is 5.70. The molecule has 0 bridgehead atoms. The Labute approximate surface area is 60.3 Å². The topological polar surface area (TPSA) is 0 Å². The van der Waals surface area contributed by atoms with Crippen molar-refractivity contribution in [1.29, 1.82) is 0 Å². The van der Waals surface area contributed by atoms with E-state index in [4.69, 9.17) is 0 Å². The van der Waals surface area contributed by atoms with Crippen molar-refractivity contribution in [3.8, 4) is 0 Å². The molecule has 0 radical (unpaired) electrons. The third-order valence-electron chi connectivity index (χ3n) is 0.648. The molecule has 1 unspecified atom stereocenters. The Balaban J connectivity index is 2.83. The second-order valence-electron chi connectivity index (χ2n) is 1.20. The summed E-state index contributed by atoms with van der Waals surface area (Å²) in [5.74, 6) is 0.939. The number of hydrogen-bond acceptors (Lipinski definition) is 3. The van der Waals surface area contributed by atoms with Crippen molar-refractivity contribution in [3.05, 3.63) is 0 Å². The monoisotopic (exact) mass is 154 g/mol. The Bertz CT molecular complexity index is 37.9. The molecular formula is C4H10S3. The van der Waals surface area contributed by atoms with Gasteiger partial charge in [-0.25, -0.2) is 0 Å². The molecule has 0 aliphatic heterocycles. The van der Waals surface area contributed by atoms with E-state index < -0.39 is 0 Å². The van der Waals surface area contributed by atoms with Gasteiger partial charge < -0.3 is 0 Å². The minimum Gasteiger partial charge on any atom is -0.179 e. The zero-order valence-corrected chi connectivity index (χ0v) is 6.90. The number of thioether (sulfide) groups is 1. The number of thiol groups is 2. The van der Waals surface area contributed by atoms with Gasteiger partial charge in [-0.05, 0) is 18.4 Å². The standard InChI is InChI=1S/C4H10S3/c1-7-4(6)2-3-5/h4-6H,2-3H2,1H3. The van der Waals surface area contributed by atoms with Crippen LogP contribution in [0.1, 0.15) is 6.42 Å². The van der Waals surface area contributed by atoms with E-state index in [1.807, 2.05) is 0 Å². The molecule has 0 spiro atoms. The Morgan fingerprint density at radius 1 is 1.71 bits per heavy atom. The van der Waals surface area contributed by atoms with Crippen molar-refractivity contribution in [3.63, 3.8) is 0 Å². The highest BCUT2D eigenvalue weighted by Gasteiger charge is 1.94. The molecule has 0 aromatic carbocycles. The first-order valence-corrected chi connectivity index (χ1v) is 4.56. The van der Waals surface area contributed by atoms with Gasteiger partial charge in [0.1, 0.15) is 0 Å². The minimum atomic E-state index is 0.484. The molecule has 44 valence electrons. The summed E-state index contributed by atoms with van der Waals surface area (Å²) in [6.45, 7) is 0. The first kappa shape index (κ1) is 8.05. The van der Waals surface area contributed by atoms with Gasteiger partial charge in [0.25, 0.3) is 0 Å². The largest absolute Gasteiger partial charge is 0.179 e. The average molecular weight is 154 g/mol. The van der Waals surface area contributed by atoms with Gasteiger partial charge in [-0.3, -0.25) is 0 Å². The summed E-state index contributed by atoms with van der Waals surface area (Å²) in [5, 5.41) is 0. The first-order chi connectivity index (χ1) is 3.31. The van der Waals surface area contributed by atoms with Crippen LogP contribution in [0.2, 0.25) is 0 Å². The predicted octanol–water partition coefficient (Wildman–Crippen LogP) is 1.93. The lowest BCUT2D eigenvalue weighted by Gasteiger charge is -2.01. The normalized spacial score (nSPS) is 14.1. The molecule has 0 N–H and O–H groups in total. The highest BCUT2D eigenvalue weighted by molar-refractivity contribution is 8.09. The van der Waals surface area contributed by atoms with E-state index in [1.165, 1.54) is 0 Å². The molecule has 1 atom stereocenters. The third kappa shape index (κ3) is 4.91. The van der Waals surface area contributed by atoms with Crippen LogP contribution in [0.3, 0.4) is 0 Å². The number of hydrogen-bond donors (Lipinski definition) is 2. The van der Waals surface area contributed by atoms with Crippen LogP contribution in [-0.4, -0.2) is 16.6 Å². The molecule has 3 heteroatoms. The molecule has 0 aliphatic carbocycles. The maximum absolute atomic E-state index is 4.22. The van der Waals surface area contributed by atoms with Crippen LogP contribution in [0, 0.1) is 0 Å². The molecule has 7 heavy (non-hydrogen) atoms. The molecule has 0 aliphatic rings. The highest BCUT2D eigenvalue weighted by Crippen LogP contribution is 2.14. The van der Waals surface area contributed by atoms with Gasteiger partial charge in [0.05, 0.1) is 0 Å². The van der Waals surface area contributed by atoms with E-state index >= 15 is 0 Å². The Morgan fingerprint density at radius 3 is 2.43 bits per heavy atom. The first-order valence-electron chi connectivity index (χ1n) is 2.13. The van der Waals surface area contributed by atoms with E-state index in [-0.39, 0.29) is 0 Å². The van der Waals surface area contributed by atoms with Gasteiger partial charge in [0.15, 0.2) is 0 Å². The summed E-state index contributed by atoms with van der Waals surface area (Å²) in [6, 6.07) is 0. The summed E-state index contributed by atoms with van der Waals surface area (Å²) >= 11 is 10.0. The van der Waals surface area contributed by atoms with Gasteiger partial charge in [0, 0.05) is 4.58 Å². The van der Waals surface area contributed by atoms with Crippen molar-refractivity contribution < 1.29 is 0 Å². The van der Waals surface area contributed by atoms with Crippen molar-refractivity contribution in [2.75, 3.05) is 12.0 Å². The maximum atomic E-state index is 4.22. The molecule has 0 saturated heterocycles. The maximum Gasteiger partial charge on any atom is 0.0477 e. The molecule has 0 aromatic rings.